The van der Waals surface area contributed by atoms with Crippen molar-refractivity contribution in [3.8, 4) is 0 Å². The lowest BCUT2D eigenvalue weighted by Gasteiger charge is -2.54. The lowest BCUT2D eigenvalue weighted by atomic mass is 9.73. The third-order valence-electron chi connectivity index (χ3n) is 11.2. The molecule has 8 heteroatoms. The van der Waals surface area contributed by atoms with E-state index < -0.39 is 12.0 Å². The molecule has 7 rings (SSSR count). The van der Waals surface area contributed by atoms with E-state index in [1.807, 2.05) is 47.8 Å². The van der Waals surface area contributed by atoms with Crippen LogP contribution in [0.3, 0.4) is 0 Å². The number of hydrogen-bond donors (Lipinski definition) is 1. The number of carboxylic acids is 1. The highest BCUT2D eigenvalue weighted by atomic mass is 16.4. The summed E-state index contributed by atoms with van der Waals surface area (Å²) in [5.74, 6) is 1.21. The molecule has 4 heterocycles. The highest BCUT2D eigenvalue weighted by molar-refractivity contribution is 5.83. The molecule has 2 unspecified atom stereocenters. The van der Waals surface area contributed by atoms with Gasteiger partial charge in [-0.1, -0.05) is 44.2 Å². The van der Waals surface area contributed by atoms with E-state index in [-0.39, 0.29) is 17.6 Å². The Balaban J connectivity index is 1.22. The summed E-state index contributed by atoms with van der Waals surface area (Å²) in [7, 11) is 3.80. The van der Waals surface area contributed by atoms with Gasteiger partial charge in [-0.2, -0.15) is 0 Å². The van der Waals surface area contributed by atoms with Crippen LogP contribution in [0.1, 0.15) is 83.1 Å². The first-order valence-corrected chi connectivity index (χ1v) is 15.8. The monoisotopic (exact) mass is 547 g/mol. The van der Waals surface area contributed by atoms with E-state index in [4.69, 9.17) is 4.98 Å². The molecular formula is C32H45N5O3. The number of hydrogen-bond acceptors (Lipinski definition) is 6. The van der Waals surface area contributed by atoms with Crippen molar-refractivity contribution in [3.63, 3.8) is 0 Å². The number of benzene rings is 1. The summed E-state index contributed by atoms with van der Waals surface area (Å²) < 4.78 is 2.02. The van der Waals surface area contributed by atoms with Gasteiger partial charge in [0, 0.05) is 30.7 Å². The van der Waals surface area contributed by atoms with Crippen LogP contribution in [0.4, 0.5) is 5.82 Å². The summed E-state index contributed by atoms with van der Waals surface area (Å²) in [6.45, 7) is 0.498. The van der Waals surface area contributed by atoms with E-state index in [2.05, 4.69) is 4.90 Å². The standard InChI is InChI=1S/C32H45N5O3/c1-34(2)28-19-35(29(28)32(39)40)30-31(38)37(27-13-6-5-12-26(27)33-30)25-17-22-10-7-11-23(18-25)36(22)24-15-20-8-3-4-9-21(14-20)16-24/h5-6,12-13,20-25,28-29H,3-4,7-11,14-19H2,1-2H3,(H,39,40)/t20?,21?,22-,23-,24?,28-,29+/m1/s1. The lowest BCUT2D eigenvalue weighted by molar-refractivity contribution is -0.142. The summed E-state index contributed by atoms with van der Waals surface area (Å²) in [5.41, 5.74) is 1.54. The van der Waals surface area contributed by atoms with Crippen LogP contribution in [0.5, 0.6) is 0 Å². The van der Waals surface area contributed by atoms with Crippen LogP contribution in [0.2, 0.25) is 0 Å². The van der Waals surface area contributed by atoms with Gasteiger partial charge in [0.05, 0.1) is 17.1 Å². The predicted octanol–water partition coefficient (Wildman–Crippen LogP) is 4.52. The van der Waals surface area contributed by atoms with E-state index in [0.29, 0.717) is 30.5 Å². The zero-order chi connectivity index (χ0) is 27.5. The largest absolute Gasteiger partial charge is 0.480 e. The highest BCUT2D eigenvalue weighted by Gasteiger charge is 2.48. The van der Waals surface area contributed by atoms with Gasteiger partial charge in [-0.3, -0.25) is 9.69 Å². The maximum absolute atomic E-state index is 14.3. The molecule has 3 saturated heterocycles. The fourth-order valence-corrected chi connectivity index (χ4v) is 9.44. The predicted molar refractivity (Wildman–Crippen MR) is 157 cm³/mol. The van der Waals surface area contributed by atoms with Gasteiger partial charge in [0.25, 0.3) is 5.56 Å². The number of carbonyl (C=O) groups is 1. The minimum atomic E-state index is -0.901. The minimum Gasteiger partial charge on any atom is -0.480 e. The molecule has 2 saturated carbocycles. The molecule has 0 radical (unpaired) electrons. The van der Waals surface area contributed by atoms with E-state index >= 15 is 0 Å². The zero-order valence-electron chi connectivity index (χ0n) is 24.1. The summed E-state index contributed by atoms with van der Waals surface area (Å²) in [6.07, 6.45) is 15.6. The fourth-order valence-electron chi connectivity index (χ4n) is 9.44. The number of aromatic nitrogens is 2. The number of likely N-dealkylation sites (N-methyl/N-ethyl adjacent to an activating group) is 1. The minimum absolute atomic E-state index is 0.116. The fraction of sp³-hybridized carbons (Fsp3) is 0.719. The molecule has 4 bridgehead atoms. The summed E-state index contributed by atoms with van der Waals surface area (Å²) in [6, 6.07) is 8.92. The SMILES string of the molecule is CN(C)[C@@H]1CN(c2nc3ccccc3n(C3C[C@H]4CCC[C@H](C3)N4C3CC4CCCCC(C4)C3)c2=O)[C@@H]1C(=O)O. The normalized spacial score (nSPS) is 36.3. The third-order valence-corrected chi connectivity index (χ3v) is 11.2. The molecule has 216 valence electrons. The Bertz CT molecular complexity index is 1300. The first kappa shape index (κ1) is 26.4. The Morgan fingerprint density at radius 2 is 1.55 bits per heavy atom. The van der Waals surface area contributed by atoms with Crippen molar-refractivity contribution in [1.82, 2.24) is 19.4 Å². The molecule has 8 nitrogen and oxygen atoms in total. The molecule has 2 aromatic rings. The second kappa shape index (κ2) is 10.4. The molecule has 5 fully saturated rings. The van der Waals surface area contributed by atoms with Crippen LogP contribution >= 0.6 is 0 Å². The Kier molecular flexibility index (Phi) is 6.90. The van der Waals surface area contributed by atoms with Crippen molar-refractivity contribution in [2.24, 2.45) is 11.8 Å². The number of piperidine rings is 2. The van der Waals surface area contributed by atoms with E-state index in [0.717, 1.165) is 35.7 Å². The molecule has 1 aromatic heterocycles. The number of fused-ring (bicyclic) bond motifs is 5. The second-order valence-electron chi connectivity index (χ2n) is 13.8. The van der Waals surface area contributed by atoms with Gasteiger partial charge < -0.3 is 19.5 Å². The van der Waals surface area contributed by atoms with Gasteiger partial charge in [0.1, 0.15) is 6.04 Å². The van der Waals surface area contributed by atoms with E-state index in [1.165, 1.54) is 64.2 Å². The van der Waals surface area contributed by atoms with Gasteiger partial charge in [0.15, 0.2) is 5.82 Å². The first-order valence-electron chi connectivity index (χ1n) is 15.8. The maximum atomic E-state index is 14.3. The Morgan fingerprint density at radius 3 is 2.20 bits per heavy atom. The number of nitrogens with zero attached hydrogens (tertiary/aromatic N) is 5. The molecule has 0 amide bonds. The number of anilines is 1. The molecular weight excluding hydrogens is 502 g/mol. The van der Waals surface area contributed by atoms with Crippen molar-refractivity contribution < 1.29 is 9.90 Å². The molecule has 0 spiro atoms. The van der Waals surface area contributed by atoms with E-state index in [9.17, 15) is 14.7 Å². The quantitative estimate of drug-likeness (QED) is 0.590. The Morgan fingerprint density at radius 1 is 0.875 bits per heavy atom. The average molecular weight is 548 g/mol. The van der Waals surface area contributed by atoms with Gasteiger partial charge in [-0.05, 0) is 83.0 Å². The van der Waals surface area contributed by atoms with Crippen LogP contribution in [-0.4, -0.2) is 81.3 Å². The highest BCUT2D eigenvalue weighted by Crippen LogP contribution is 2.47. The molecule has 1 aromatic carbocycles. The van der Waals surface area contributed by atoms with Gasteiger partial charge in [0.2, 0.25) is 0 Å². The molecule has 2 aliphatic carbocycles. The van der Waals surface area contributed by atoms with Crippen LogP contribution in [0, 0.1) is 11.8 Å². The number of carboxylic acid groups (broad SMARTS) is 1. The summed E-state index contributed by atoms with van der Waals surface area (Å²) in [4.78, 5) is 37.9. The van der Waals surface area contributed by atoms with Crippen molar-refractivity contribution in [3.05, 3.63) is 34.6 Å². The third kappa shape index (κ3) is 4.46. The van der Waals surface area contributed by atoms with Gasteiger partial charge >= 0.3 is 5.97 Å². The molecule has 5 aliphatic rings. The maximum Gasteiger partial charge on any atom is 0.328 e. The van der Waals surface area contributed by atoms with Crippen LogP contribution in [-0.2, 0) is 4.79 Å². The summed E-state index contributed by atoms with van der Waals surface area (Å²) >= 11 is 0. The molecule has 6 atom stereocenters. The molecule has 3 aliphatic heterocycles. The average Bonchev–Trinajstić information content (AvgIpc) is 3.06. The number of rotatable bonds is 5. The van der Waals surface area contributed by atoms with Crippen LogP contribution in [0.15, 0.2) is 29.1 Å². The number of para-hydroxylation sites is 2. The summed E-state index contributed by atoms with van der Waals surface area (Å²) in [5, 5.41) is 10.0. The Labute approximate surface area is 237 Å². The smallest absolute Gasteiger partial charge is 0.328 e. The Hall–Kier alpha value is -2.45. The van der Waals surface area contributed by atoms with Gasteiger partial charge in [-0.25, -0.2) is 9.78 Å². The zero-order valence-corrected chi connectivity index (χ0v) is 24.1. The van der Waals surface area contributed by atoms with Crippen molar-refractivity contribution in [1.29, 1.82) is 0 Å². The van der Waals surface area contributed by atoms with Crippen LogP contribution in [0.25, 0.3) is 11.0 Å². The van der Waals surface area contributed by atoms with Gasteiger partial charge in [-0.15, -0.1) is 0 Å². The number of aliphatic carboxylic acids is 1. The van der Waals surface area contributed by atoms with E-state index in [1.54, 1.807) is 4.90 Å². The molecule has 1 N–H and O–H groups in total. The van der Waals surface area contributed by atoms with Crippen molar-refractivity contribution in [2.75, 3.05) is 25.5 Å². The van der Waals surface area contributed by atoms with Crippen LogP contribution < -0.4 is 10.5 Å². The topological polar surface area (TPSA) is 81.9 Å². The lowest BCUT2D eigenvalue weighted by Crippen LogP contribution is -2.69. The first-order chi connectivity index (χ1) is 19.4. The van der Waals surface area contributed by atoms with Crippen molar-refractivity contribution in [2.45, 2.75) is 113 Å². The van der Waals surface area contributed by atoms with Crippen molar-refractivity contribution >= 4 is 22.8 Å². The second-order valence-corrected chi connectivity index (χ2v) is 13.8. The molecule has 40 heavy (non-hydrogen) atoms.